The molecule has 112 valence electrons. The van der Waals surface area contributed by atoms with Crippen LogP contribution in [-0.4, -0.2) is 20.6 Å². The van der Waals surface area contributed by atoms with Crippen molar-refractivity contribution < 1.29 is 17.3 Å². The van der Waals surface area contributed by atoms with Gasteiger partial charge in [0.05, 0.1) is 18.3 Å². The first-order chi connectivity index (χ1) is 9.18. The number of rotatable bonds is 4. The van der Waals surface area contributed by atoms with Crippen molar-refractivity contribution in [2.45, 2.75) is 32.0 Å². The van der Waals surface area contributed by atoms with Crippen molar-refractivity contribution in [2.75, 3.05) is 6.61 Å². The molecular weight excluding hydrogens is 393 g/mol. The molecule has 7 heteroatoms. The highest BCUT2D eigenvalue weighted by Gasteiger charge is 2.42. The van der Waals surface area contributed by atoms with E-state index < -0.39 is 10.3 Å². The first kappa shape index (κ1) is 16.2. The summed E-state index contributed by atoms with van der Waals surface area (Å²) >= 11 is 2.25. The van der Waals surface area contributed by atoms with Crippen LogP contribution < -0.4 is 5.14 Å². The summed E-state index contributed by atoms with van der Waals surface area (Å²) in [6.07, 6.45) is 0.540. The van der Waals surface area contributed by atoms with Crippen LogP contribution in [0.3, 0.4) is 0 Å². The lowest BCUT2D eigenvalue weighted by molar-refractivity contribution is -0.0249. The molecular formula is C13H18INO4S. The number of ether oxygens (including phenoxy) is 1. The zero-order valence-electron chi connectivity index (χ0n) is 11.4. The second-order valence-electron chi connectivity index (χ2n) is 5.56. The van der Waals surface area contributed by atoms with Crippen molar-refractivity contribution in [1.29, 1.82) is 0 Å². The number of nitrogens with two attached hydrogens (primary N) is 1. The summed E-state index contributed by atoms with van der Waals surface area (Å²) in [5, 5.41) is 4.90. The Kier molecular flexibility index (Phi) is 4.75. The molecule has 1 heterocycles. The maximum absolute atomic E-state index is 11.0. The summed E-state index contributed by atoms with van der Waals surface area (Å²) in [4.78, 5) is 0. The highest BCUT2D eigenvalue weighted by Crippen LogP contribution is 2.44. The van der Waals surface area contributed by atoms with E-state index in [1.54, 1.807) is 0 Å². The average Bonchev–Trinajstić information content (AvgIpc) is 2.62. The van der Waals surface area contributed by atoms with E-state index in [2.05, 4.69) is 22.6 Å². The van der Waals surface area contributed by atoms with Crippen LogP contribution >= 0.6 is 22.6 Å². The molecule has 0 amide bonds. The van der Waals surface area contributed by atoms with Gasteiger partial charge in [-0.25, -0.2) is 5.14 Å². The third-order valence-corrected chi connectivity index (χ3v) is 4.73. The molecule has 1 aromatic rings. The zero-order chi connectivity index (χ0) is 15.0. The van der Waals surface area contributed by atoms with Crippen molar-refractivity contribution in [2.24, 2.45) is 11.1 Å². The average molecular weight is 411 g/mol. The van der Waals surface area contributed by atoms with E-state index >= 15 is 0 Å². The summed E-state index contributed by atoms with van der Waals surface area (Å²) in [6, 6.07) is 7.91. The first-order valence-corrected chi connectivity index (χ1v) is 8.82. The minimum Gasteiger partial charge on any atom is -0.367 e. The Labute approximate surface area is 133 Å². The van der Waals surface area contributed by atoms with Gasteiger partial charge in [0.15, 0.2) is 0 Å². The van der Waals surface area contributed by atoms with Crippen LogP contribution in [0.2, 0.25) is 0 Å². The second kappa shape index (κ2) is 5.88. The minimum absolute atomic E-state index is 0.0396. The van der Waals surface area contributed by atoms with E-state index in [9.17, 15) is 8.42 Å². The number of benzene rings is 1. The number of hydrogen-bond donors (Lipinski definition) is 1. The molecule has 0 aliphatic carbocycles. The van der Waals surface area contributed by atoms with Gasteiger partial charge in [-0.15, -0.1) is 0 Å². The van der Waals surface area contributed by atoms with Gasteiger partial charge >= 0.3 is 10.3 Å². The lowest BCUT2D eigenvalue weighted by Gasteiger charge is -2.21. The summed E-state index contributed by atoms with van der Waals surface area (Å²) in [5.41, 5.74) is 0.748. The highest BCUT2D eigenvalue weighted by atomic mass is 127. The van der Waals surface area contributed by atoms with Gasteiger partial charge in [-0.1, -0.05) is 18.2 Å². The fraction of sp³-hybridized carbons (Fsp3) is 0.538. The molecule has 1 saturated heterocycles. The Morgan fingerprint density at radius 2 is 2.10 bits per heavy atom. The molecule has 1 aliphatic rings. The van der Waals surface area contributed by atoms with Crippen LogP contribution in [0.4, 0.5) is 0 Å². The van der Waals surface area contributed by atoms with E-state index in [1.807, 2.05) is 38.1 Å². The van der Waals surface area contributed by atoms with E-state index in [0.717, 1.165) is 15.6 Å². The molecule has 0 aromatic heterocycles. The lowest BCUT2D eigenvalue weighted by Crippen LogP contribution is -2.22. The molecule has 1 aromatic carbocycles. The third kappa shape index (κ3) is 4.14. The van der Waals surface area contributed by atoms with Crippen LogP contribution in [0.1, 0.15) is 31.9 Å². The summed E-state index contributed by atoms with van der Waals surface area (Å²) < 4.78 is 33.9. The molecule has 0 saturated carbocycles. The van der Waals surface area contributed by atoms with Gasteiger partial charge in [0.25, 0.3) is 0 Å². The first-order valence-electron chi connectivity index (χ1n) is 6.27. The Balaban J connectivity index is 2.23. The van der Waals surface area contributed by atoms with Crippen LogP contribution in [0, 0.1) is 9.49 Å². The standard InChI is InChI=1S/C13H18INO4S/c1-13(2)7-9(8-18-20(15,16)17)12(19-13)10-5-3-4-6-11(10)14/h3-6,9,12H,7-8H2,1-2H3,(H2,15,16,17)/t9-,12+/m0/s1. The van der Waals surface area contributed by atoms with Gasteiger partial charge in [0, 0.05) is 9.49 Å². The van der Waals surface area contributed by atoms with Crippen LogP contribution in [-0.2, 0) is 19.2 Å². The van der Waals surface area contributed by atoms with Crippen molar-refractivity contribution in [3.8, 4) is 0 Å². The lowest BCUT2D eigenvalue weighted by atomic mass is 9.92. The molecule has 5 nitrogen and oxygen atoms in total. The summed E-state index contributed by atoms with van der Waals surface area (Å²) in [5.74, 6) is -0.0424. The molecule has 1 aliphatic heterocycles. The fourth-order valence-electron chi connectivity index (χ4n) is 2.58. The Bertz CT molecular complexity index is 588. The Hall–Kier alpha value is -0.220. The number of hydrogen-bond acceptors (Lipinski definition) is 4. The summed E-state index contributed by atoms with van der Waals surface area (Å²) in [6.45, 7) is 4.03. The maximum atomic E-state index is 11.0. The van der Waals surface area contributed by atoms with Crippen molar-refractivity contribution in [3.63, 3.8) is 0 Å². The van der Waals surface area contributed by atoms with E-state index in [4.69, 9.17) is 14.1 Å². The molecule has 20 heavy (non-hydrogen) atoms. The van der Waals surface area contributed by atoms with E-state index in [0.29, 0.717) is 0 Å². The van der Waals surface area contributed by atoms with Crippen molar-refractivity contribution in [1.82, 2.24) is 0 Å². The van der Waals surface area contributed by atoms with Crippen LogP contribution in [0.5, 0.6) is 0 Å². The normalized spacial score (nSPS) is 25.8. The molecule has 0 radical (unpaired) electrons. The van der Waals surface area contributed by atoms with Gasteiger partial charge in [0.2, 0.25) is 0 Å². The molecule has 0 bridgehead atoms. The Morgan fingerprint density at radius 1 is 1.45 bits per heavy atom. The van der Waals surface area contributed by atoms with E-state index in [-0.39, 0.29) is 24.2 Å². The van der Waals surface area contributed by atoms with Crippen molar-refractivity contribution >= 4 is 32.9 Å². The third-order valence-electron chi connectivity index (χ3n) is 3.29. The predicted molar refractivity (Wildman–Crippen MR) is 84.2 cm³/mol. The number of halogens is 1. The van der Waals surface area contributed by atoms with Gasteiger partial charge in [-0.3, -0.25) is 4.18 Å². The van der Waals surface area contributed by atoms with Crippen LogP contribution in [0.25, 0.3) is 0 Å². The second-order valence-corrected chi connectivity index (χ2v) is 7.94. The molecule has 0 spiro atoms. The molecule has 1 fully saturated rings. The van der Waals surface area contributed by atoms with E-state index in [1.165, 1.54) is 0 Å². The molecule has 2 rings (SSSR count). The summed E-state index contributed by atoms with van der Waals surface area (Å²) in [7, 11) is -3.92. The largest absolute Gasteiger partial charge is 0.367 e. The van der Waals surface area contributed by atoms with Gasteiger partial charge < -0.3 is 4.74 Å². The van der Waals surface area contributed by atoms with Gasteiger partial charge in [-0.2, -0.15) is 8.42 Å². The molecule has 0 unspecified atom stereocenters. The fourth-order valence-corrected chi connectivity index (χ4v) is 3.64. The van der Waals surface area contributed by atoms with Crippen LogP contribution in [0.15, 0.2) is 24.3 Å². The van der Waals surface area contributed by atoms with Gasteiger partial charge in [0.1, 0.15) is 0 Å². The zero-order valence-corrected chi connectivity index (χ0v) is 14.3. The minimum atomic E-state index is -3.92. The maximum Gasteiger partial charge on any atom is 0.333 e. The molecule has 2 N–H and O–H groups in total. The monoisotopic (exact) mass is 411 g/mol. The Morgan fingerprint density at radius 3 is 2.70 bits per heavy atom. The predicted octanol–water partition coefficient (Wildman–Crippen LogP) is 2.37. The quantitative estimate of drug-likeness (QED) is 0.772. The smallest absolute Gasteiger partial charge is 0.333 e. The van der Waals surface area contributed by atoms with Crippen molar-refractivity contribution in [3.05, 3.63) is 33.4 Å². The highest BCUT2D eigenvalue weighted by molar-refractivity contribution is 14.1. The molecule has 2 atom stereocenters. The topological polar surface area (TPSA) is 78.6 Å². The van der Waals surface area contributed by atoms with Gasteiger partial charge in [-0.05, 0) is 54.5 Å². The SMILES string of the molecule is CC1(C)C[C@@H](COS(N)(=O)=O)[C@H](c2ccccc2I)O1.